The van der Waals surface area contributed by atoms with E-state index in [0.29, 0.717) is 17.5 Å². The van der Waals surface area contributed by atoms with E-state index in [9.17, 15) is 0 Å². The van der Waals surface area contributed by atoms with Crippen LogP contribution in [0.2, 0.25) is 5.02 Å². The number of aromatic nitrogens is 2. The first-order valence-corrected chi connectivity index (χ1v) is 5.94. The lowest BCUT2D eigenvalue weighted by molar-refractivity contribution is 0.460. The minimum Gasteiger partial charge on any atom is -0.439 e. The second-order valence-corrected chi connectivity index (χ2v) is 4.31. The van der Waals surface area contributed by atoms with Gasteiger partial charge in [-0.2, -0.15) is 4.98 Å². The number of nitrogens with one attached hydrogen (secondary N) is 1. The Hall–Kier alpha value is -1.81. The highest BCUT2D eigenvalue weighted by molar-refractivity contribution is 6.31. The van der Waals surface area contributed by atoms with Gasteiger partial charge in [0, 0.05) is 18.1 Å². The summed E-state index contributed by atoms with van der Waals surface area (Å²) in [7, 11) is 1.80. The van der Waals surface area contributed by atoms with Crippen molar-refractivity contribution in [2.75, 3.05) is 12.4 Å². The maximum absolute atomic E-state index is 5.97. The summed E-state index contributed by atoms with van der Waals surface area (Å²) in [4.78, 5) is 8.43. The molecule has 0 spiro atoms. The Bertz CT molecular complexity index is 572. The first-order valence-electron chi connectivity index (χ1n) is 5.56. The molecule has 0 saturated carbocycles. The first kappa shape index (κ1) is 12.6. The van der Waals surface area contributed by atoms with Gasteiger partial charge in [0.1, 0.15) is 17.4 Å². The zero-order chi connectivity index (χ0) is 13.1. The number of halogens is 1. The molecule has 0 amide bonds. The number of aryl methyl sites for hydroxylation is 2. The van der Waals surface area contributed by atoms with E-state index in [1.807, 2.05) is 26.0 Å². The van der Waals surface area contributed by atoms with Crippen molar-refractivity contribution in [3.05, 3.63) is 40.7 Å². The van der Waals surface area contributed by atoms with Gasteiger partial charge in [-0.3, -0.25) is 0 Å². The Morgan fingerprint density at radius 2 is 1.94 bits per heavy atom. The third-order valence-corrected chi connectivity index (χ3v) is 2.85. The van der Waals surface area contributed by atoms with Gasteiger partial charge in [0.05, 0.1) is 0 Å². The molecule has 0 saturated heterocycles. The van der Waals surface area contributed by atoms with Crippen LogP contribution < -0.4 is 10.1 Å². The van der Waals surface area contributed by atoms with Crippen LogP contribution in [0.15, 0.2) is 24.3 Å². The molecule has 18 heavy (non-hydrogen) atoms. The molecular weight excluding hydrogens is 250 g/mol. The number of anilines is 1. The van der Waals surface area contributed by atoms with Gasteiger partial charge in [0.2, 0.25) is 5.88 Å². The average Bonchev–Trinajstić information content (AvgIpc) is 2.33. The zero-order valence-electron chi connectivity index (χ0n) is 10.5. The number of ether oxygens (including phenoxy) is 1. The third-order valence-electron chi connectivity index (χ3n) is 2.42. The van der Waals surface area contributed by atoms with Crippen molar-refractivity contribution in [3.63, 3.8) is 0 Å². The molecule has 0 atom stereocenters. The summed E-state index contributed by atoms with van der Waals surface area (Å²) < 4.78 is 5.69. The minimum atomic E-state index is 0.508. The van der Waals surface area contributed by atoms with Gasteiger partial charge in [-0.05, 0) is 37.6 Å². The summed E-state index contributed by atoms with van der Waals surface area (Å²) >= 11 is 5.97. The predicted octanol–water partition coefficient (Wildman–Crippen LogP) is 3.58. The molecule has 94 valence electrons. The summed E-state index contributed by atoms with van der Waals surface area (Å²) in [5.74, 6) is 2.59. The molecule has 0 bridgehead atoms. The molecule has 1 aromatic carbocycles. The second kappa shape index (κ2) is 5.23. The van der Waals surface area contributed by atoms with E-state index >= 15 is 0 Å². The highest BCUT2D eigenvalue weighted by Gasteiger charge is 2.04. The van der Waals surface area contributed by atoms with Crippen LogP contribution in [0.4, 0.5) is 5.82 Å². The van der Waals surface area contributed by atoms with E-state index in [2.05, 4.69) is 15.3 Å². The normalized spacial score (nSPS) is 10.2. The van der Waals surface area contributed by atoms with Gasteiger partial charge >= 0.3 is 0 Å². The topological polar surface area (TPSA) is 47.0 Å². The lowest BCUT2D eigenvalue weighted by Crippen LogP contribution is -1.98. The smallest absolute Gasteiger partial charge is 0.224 e. The summed E-state index contributed by atoms with van der Waals surface area (Å²) in [5, 5.41) is 3.68. The largest absolute Gasteiger partial charge is 0.439 e. The van der Waals surface area contributed by atoms with Crippen LogP contribution in [-0.4, -0.2) is 17.0 Å². The van der Waals surface area contributed by atoms with Crippen molar-refractivity contribution < 1.29 is 4.74 Å². The highest BCUT2D eigenvalue weighted by Crippen LogP contribution is 2.25. The Morgan fingerprint density at radius 1 is 1.17 bits per heavy atom. The van der Waals surface area contributed by atoms with Crippen LogP contribution in [0.3, 0.4) is 0 Å². The number of benzene rings is 1. The van der Waals surface area contributed by atoms with E-state index in [-0.39, 0.29) is 0 Å². The highest BCUT2D eigenvalue weighted by atomic mass is 35.5. The summed E-state index contributed by atoms with van der Waals surface area (Å²) in [6.07, 6.45) is 0. The Labute approximate surface area is 111 Å². The van der Waals surface area contributed by atoms with Crippen LogP contribution >= 0.6 is 11.6 Å². The van der Waals surface area contributed by atoms with Crippen molar-refractivity contribution in [3.8, 4) is 11.6 Å². The molecule has 2 aromatic rings. The molecule has 5 heteroatoms. The van der Waals surface area contributed by atoms with Crippen molar-refractivity contribution in [2.24, 2.45) is 0 Å². The zero-order valence-corrected chi connectivity index (χ0v) is 11.2. The van der Waals surface area contributed by atoms with Gasteiger partial charge < -0.3 is 10.1 Å². The maximum atomic E-state index is 5.97. The molecule has 1 N–H and O–H groups in total. The Kier molecular flexibility index (Phi) is 3.67. The van der Waals surface area contributed by atoms with Crippen molar-refractivity contribution in [1.29, 1.82) is 0 Å². The maximum Gasteiger partial charge on any atom is 0.224 e. The van der Waals surface area contributed by atoms with Crippen LogP contribution in [0, 0.1) is 13.8 Å². The monoisotopic (exact) mass is 263 g/mol. The van der Waals surface area contributed by atoms with Crippen molar-refractivity contribution in [2.45, 2.75) is 13.8 Å². The standard InChI is InChI=1S/C13H14ClN3O/c1-8-6-10(4-5-11(8)14)18-13-7-12(15-3)16-9(2)17-13/h4-7H,1-3H3,(H,15,16,17). The van der Waals surface area contributed by atoms with Crippen molar-refractivity contribution >= 4 is 17.4 Å². The average molecular weight is 264 g/mol. The number of hydrogen-bond donors (Lipinski definition) is 1. The lowest BCUT2D eigenvalue weighted by atomic mass is 10.2. The molecule has 4 nitrogen and oxygen atoms in total. The summed E-state index contributed by atoms with van der Waals surface area (Å²) in [6, 6.07) is 7.24. The molecule has 0 aliphatic rings. The van der Waals surface area contributed by atoms with Crippen LogP contribution in [0.1, 0.15) is 11.4 Å². The van der Waals surface area contributed by atoms with Gasteiger partial charge in [0.25, 0.3) is 0 Å². The first-order chi connectivity index (χ1) is 8.58. The SMILES string of the molecule is CNc1cc(Oc2ccc(Cl)c(C)c2)nc(C)n1. The van der Waals surface area contributed by atoms with E-state index in [0.717, 1.165) is 16.4 Å². The van der Waals surface area contributed by atoms with E-state index in [4.69, 9.17) is 16.3 Å². The van der Waals surface area contributed by atoms with Gasteiger partial charge in [-0.15, -0.1) is 0 Å². The van der Waals surface area contributed by atoms with E-state index in [1.54, 1.807) is 19.2 Å². The molecular formula is C13H14ClN3O. The molecule has 0 unspecified atom stereocenters. The summed E-state index contributed by atoms with van der Waals surface area (Å²) in [6.45, 7) is 3.75. The lowest BCUT2D eigenvalue weighted by Gasteiger charge is -2.08. The van der Waals surface area contributed by atoms with Gasteiger partial charge in [0.15, 0.2) is 0 Å². The molecule has 2 rings (SSSR count). The molecule has 1 heterocycles. The third kappa shape index (κ3) is 2.90. The van der Waals surface area contributed by atoms with Gasteiger partial charge in [-0.1, -0.05) is 11.6 Å². The molecule has 0 aliphatic heterocycles. The Morgan fingerprint density at radius 3 is 2.61 bits per heavy atom. The number of nitrogens with zero attached hydrogens (tertiary/aromatic N) is 2. The fraction of sp³-hybridized carbons (Fsp3) is 0.231. The predicted molar refractivity (Wildman–Crippen MR) is 72.6 cm³/mol. The molecule has 0 fully saturated rings. The molecule has 0 aliphatic carbocycles. The summed E-state index contributed by atoms with van der Waals surface area (Å²) in [5.41, 5.74) is 0.966. The molecule has 1 aromatic heterocycles. The number of hydrogen-bond acceptors (Lipinski definition) is 4. The van der Waals surface area contributed by atoms with Crippen LogP contribution in [0.25, 0.3) is 0 Å². The second-order valence-electron chi connectivity index (χ2n) is 3.90. The minimum absolute atomic E-state index is 0.508. The number of rotatable bonds is 3. The quantitative estimate of drug-likeness (QED) is 0.919. The van der Waals surface area contributed by atoms with Crippen LogP contribution in [0.5, 0.6) is 11.6 Å². The fourth-order valence-corrected chi connectivity index (χ4v) is 1.64. The molecule has 0 radical (unpaired) electrons. The van der Waals surface area contributed by atoms with Gasteiger partial charge in [-0.25, -0.2) is 4.98 Å². The van der Waals surface area contributed by atoms with Crippen LogP contribution in [-0.2, 0) is 0 Å². The van der Waals surface area contributed by atoms with E-state index in [1.165, 1.54) is 0 Å². The Balaban J connectivity index is 2.27. The van der Waals surface area contributed by atoms with Crippen molar-refractivity contribution in [1.82, 2.24) is 9.97 Å². The van der Waals surface area contributed by atoms with E-state index < -0.39 is 0 Å². The fourth-order valence-electron chi connectivity index (χ4n) is 1.52.